The van der Waals surface area contributed by atoms with Crippen LogP contribution in [0.25, 0.3) is 11.3 Å². The number of carbonyl (C=O) groups excluding carboxylic acids is 3. The van der Waals surface area contributed by atoms with Crippen LogP contribution >= 0.6 is 0 Å². The Labute approximate surface area is 226 Å². The molecule has 1 saturated heterocycles. The third-order valence-corrected chi connectivity index (χ3v) is 6.70. The summed E-state index contributed by atoms with van der Waals surface area (Å²) in [6.45, 7) is 1.32. The molecule has 0 aliphatic carbocycles. The Morgan fingerprint density at radius 3 is 2.77 bits per heavy atom. The maximum atomic E-state index is 13.6. The number of pyridine rings is 1. The van der Waals surface area contributed by atoms with Gasteiger partial charge in [0, 0.05) is 50.9 Å². The molecule has 11 heteroatoms. The summed E-state index contributed by atoms with van der Waals surface area (Å²) in [4.78, 5) is 43.7. The van der Waals surface area contributed by atoms with E-state index in [2.05, 4.69) is 20.5 Å². The molecule has 1 aliphatic rings. The molecular formula is C28H33FN6O4. The number of ether oxygens (including phenoxy) is 1. The van der Waals surface area contributed by atoms with E-state index in [-0.39, 0.29) is 43.1 Å². The van der Waals surface area contributed by atoms with E-state index in [4.69, 9.17) is 4.98 Å². The summed E-state index contributed by atoms with van der Waals surface area (Å²) in [5.74, 6) is -0.759. The molecule has 1 fully saturated rings. The van der Waals surface area contributed by atoms with Crippen molar-refractivity contribution >= 4 is 23.6 Å². The topological polar surface area (TPSA) is 118 Å². The number of benzene rings is 1. The summed E-state index contributed by atoms with van der Waals surface area (Å²) in [5.41, 5.74) is 2.66. The minimum atomic E-state index is -0.424. The van der Waals surface area contributed by atoms with Crippen LogP contribution in [0.2, 0.25) is 0 Å². The second kappa shape index (κ2) is 13.0. The summed E-state index contributed by atoms with van der Waals surface area (Å²) in [6.07, 6.45) is 5.79. The van der Waals surface area contributed by atoms with Gasteiger partial charge >= 0.3 is 5.97 Å². The first kappa shape index (κ1) is 27.7. The first-order valence-electron chi connectivity index (χ1n) is 13.0. The van der Waals surface area contributed by atoms with Gasteiger partial charge in [-0.2, -0.15) is 5.10 Å². The Hall–Kier alpha value is -4.28. The number of aromatic nitrogens is 3. The van der Waals surface area contributed by atoms with Gasteiger partial charge < -0.3 is 20.3 Å². The van der Waals surface area contributed by atoms with Crippen molar-refractivity contribution in [1.29, 1.82) is 0 Å². The number of aryl methyl sites for hydroxylation is 1. The maximum absolute atomic E-state index is 13.6. The molecule has 0 radical (unpaired) electrons. The number of anilines is 1. The first-order chi connectivity index (χ1) is 18.8. The van der Waals surface area contributed by atoms with Crippen molar-refractivity contribution in [3.05, 3.63) is 65.7 Å². The number of esters is 1. The quantitative estimate of drug-likeness (QED) is 0.362. The highest BCUT2D eigenvalue weighted by atomic mass is 19.1. The Kier molecular flexibility index (Phi) is 9.24. The fourth-order valence-electron chi connectivity index (χ4n) is 4.65. The third kappa shape index (κ3) is 7.40. The highest BCUT2D eigenvalue weighted by Crippen LogP contribution is 2.23. The van der Waals surface area contributed by atoms with Crippen LogP contribution in [0.3, 0.4) is 0 Å². The lowest BCUT2D eigenvalue weighted by molar-refractivity contribution is -0.143. The number of amides is 2. The van der Waals surface area contributed by atoms with Gasteiger partial charge in [-0.15, -0.1) is 0 Å². The maximum Gasteiger partial charge on any atom is 0.306 e. The molecule has 2 amide bonds. The summed E-state index contributed by atoms with van der Waals surface area (Å²) < 4.78 is 19.9. The number of likely N-dealkylation sites (tertiary alicyclic amines) is 1. The van der Waals surface area contributed by atoms with Crippen molar-refractivity contribution in [1.82, 2.24) is 25.0 Å². The van der Waals surface area contributed by atoms with E-state index in [1.165, 1.54) is 19.2 Å². The standard InChI is InChI=1S/C28H33FN6O4/c1-34-18-20(16-32-34)24-9-8-23(27(33-24)30-13-12-19-5-3-6-21(29)15-19)28(38)31-17-22-7-4-14-35(22)25(36)10-11-26(37)39-2/h3,5-6,8-9,15-16,18,22H,4,7,10-14,17H2,1-2H3,(H,30,33)(H,31,38)/t22-/m1/s1. The van der Waals surface area contributed by atoms with Gasteiger partial charge in [0.2, 0.25) is 5.91 Å². The largest absolute Gasteiger partial charge is 0.469 e. The molecule has 3 heterocycles. The van der Waals surface area contributed by atoms with Gasteiger partial charge in [-0.05, 0) is 49.1 Å². The van der Waals surface area contributed by atoms with Crippen LogP contribution in [-0.2, 0) is 27.8 Å². The lowest BCUT2D eigenvalue weighted by Crippen LogP contribution is -2.43. The molecule has 1 atom stereocenters. The van der Waals surface area contributed by atoms with Crippen molar-refractivity contribution in [2.45, 2.75) is 38.1 Å². The van der Waals surface area contributed by atoms with Crippen molar-refractivity contribution in [2.24, 2.45) is 7.05 Å². The minimum Gasteiger partial charge on any atom is -0.469 e. The summed E-state index contributed by atoms with van der Waals surface area (Å²) in [6, 6.07) is 9.72. The van der Waals surface area contributed by atoms with Gasteiger partial charge in [0.15, 0.2) is 0 Å². The lowest BCUT2D eigenvalue weighted by atomic mass is 10.1. The minimum absolute atomic E-state index is 0.0323. The van der Waals surface area contributed by atoms with Crippen molar-refractivity contribution in [3.63, 3.8) is 0 Å². The second-order valence-corrected chi connectivity index (χ2v) is 9.47. The highest BCUT2D eigenvalue weighted by Gasteiger charge is 2.29. The fourth-order valence-corrected chi connectivity index (χ4v) is 4.65. The van der Waals surface area contributed by atoms with Gasteiger partial charge in [-0.1, -0.05) is 12.1 Å². The predicted octanol–water partition coefficient (Wildman–Crippen LogP) is 2.95. The molecule has 2 aromatic heterocycles. The molecular weight excluding hydrogens is 503 g/mol. The van der Waals surface area contributed by atoms with Crippen LogP contribution < -0.4 is 10.6 Å². The summed E-state index contributed by atoms with van der Waals surface area (Å²) in [5, 5.41) is 10.4. The Balaban J connectivity index is 1.44. The number of nitrogens with one attached hydrogen (secondary N) is 2. The molecule has 0 bridgehead atoms. The number of rotatable bonds is 11. The fraction of sp³-hybridized carbons (Fsp3) is 0.393. The van der Waals surface area contributed by atoms with Crippen LogP contribution in [0.5, 0.6) is 0 Å². The Bertz CT molecular complexity index is 1330. The molecule has 10 nitrogen and oxygen atoms in total. The van der Waals surface area contributed by atoms with Crippen molar-refractivity contribution < 1.29 is 23.5 Å². The third-order valence-electron chi connectivity index (χ3n) is 6.70. The van der Waals surface area contributed by atoms with E-state index in [9.17, 15) is 18.8 Å². The van der Waals surface area contributed by atoms with Crippen LogP contribution in [0.4, 0.5) is 10.2 Å². The first-order valence-corrected chi connectivity index (χ1v) is 13.0. The molecule has 1 aliphatic heterocycles. The molecule has 206 valence electrons. The molecule has 2 N–H and O–H groups in total. The van der Waals surface area contributed by atoms with E-state index in [0.717, 1.165) is 24.0 Å². The van der Waals surface area contributed by atoms with Gasteiger partial charge in [0.1, 0.15) is 11.6 Å². The van der Waals surface area contributed by atoms with Crippen LogP contribution in [0.1, 0.15) is 41.6 Å². The molecule has 1 aromatic carbocycles. The number of hydrogen-bond donors (Lipinski definition) is 2. The average molecular weight is 537 g/mol. The smallest absolute Gasteiger partial charge is 0.306 e. The average Bonchev–Trinajstić information content (AvgIpc) is 3.59. The molecule has 0 saturated carbocycles. The highest BCUT2D eigenvalue weighted by molar-refractivity contribution is 5.99. The summed E-state index contributed by atoms with van der Waals surface area (Å²) >= 11 is 0. The number of halogens is 1. The zero-order valence-electron chi connectivity index (χ0n) is 22.2. The number of methoxy groups -OCH3 is 1. The van der Waals surface area contributed by atoms with Crippen molar-refractivity contribution in [2.75, 3.05) is 32.1 Å². The van der Waals surface area contributed by atoms with E-state index in [1.54, 1.807) is 34.0 Å². The van der Waals surface area contributed by atoms with E-state index >= 15 is 0 Å². The summed E-state index contributed by atoms with van der Waals surface area (Å²) in [7, 11) is 3.11. The molecule has 0 spiro atoms. The van der Waals surface area contributed by atoms with Gasteiger partial charge in [-0.3, -0.25) is 19.1 Å². The number of nitrogens with zero attached hydrogens (tertiary/aromatic N) is 4. The van der Waals surface area contributed by atoms with Gasteiger partial charge in [0.05, 0.1) is 31.0 Å². The van der Waals surface area contributed by atoms with Crippen molar-refractivity contribution in [3.8, 4) is 11.3 Å². The Morgan fingerprint density at radius 2 is 2.03 bits per heavy atom. The van der Waals surface area contributed by atoms with Crippen LogP contribution in [-0.4, -0.2) is 70.2 Å². The lowest BCUT2D eigenvalue weighted by Gasteiger charge is -2.25. The normalized spacial score (nSPS) is 14.7. The van der Waals surface area contributed by atoms with Crippen LogP contribution in [0.15, 0.2) is 48.8 Å². The molecule has 0 unspecified atom stereocenters. The van der Waals surface area contributed by atoms with E-state index in [1.807, 2.05) is 19.3 Å². The number of hydrogen-bond acceptors (Lipinski definition) is 7. The zero-order chi connectivity index (χ0) is 27.8. The monoisotopic (exact) mass is 536 g/mol. The Morgan fingerprint density at radius 1 is 1.18 bits per heavy atom. The van der Waals surface area contributed by atoms with E-state index in [0.29, 0.717) is 36.6 Å². The number of carbonyl (C=O) groups is 3. The van der Waals surface area contributed by atoms with Gasteiger partial charge in [-0.25, -0.2) is 9.37 Å². The molecule has 4 rings (SSSR count). The zero-order valence-corrected chi connectivity index (χ0v) is 22.2. The second-order valence-electron chi connectivity index (χ2n) is 9.47. The molecule has 39 heavy (non-hydrogen) atoms. The van der Waals surface area contributed by atoms with Crippen LogP contribution in [0, 0.1) is 5.82 Å². The van der Waals surface area contributed by atoms with Gasteiger partial charge in [0.25, 0.3) is 5.91 Å². The van der Waals surface area contributed by atoms with E-state index < -0.39 is 5.97 Å². The SMILES string of the molecule is COC(=O)CCC(=O)N1CCC[C@@H]1CNC(=O)c1ccc(-c2cnn(C)c2)nc1NCCc1cccc(F)c1. The predicted molar refractivity (Wildman–Crippen MR) is 143 cm³/mol. The molecule has 3 aromatic rings.